The molecule has 0 aliphatic heterocycles. The second kappa shape index (κ2) is 9.03. The number of aliphatic imine (C=N–C) groups is 1. The maximum atomic E-state index is 10.4. The van der Waals surface area contributed by atoms with Crippen molar-refractivity contribution in [2.45, 2.75) is 45.7 Å². The van der Waals surface area contributed by atoms with E-state index in [2.05, 4.69) is 33.6 Å². The zero-order chi connectivity index (χ0) is 20.9. The predicted octanol–water partition coefficient (Wildman–Crippen LogP) is 4.10. The average molecular weight is 405 g/mol. The highest BCUT2D eigenvalue weighted by Gasteiger charge is 2.16. The van der Waals surface area contributed by atoms with Crippen molar-refractivity contribution in [2.75, 3.05) is 7.05 Å². The Labute approximate surface area is 177 Å². The minimum Gasteiger partial charge on any atom is -0.508 e. The number of benzene rings is 2. The van der Waals surface area contributed by atoms with Gasteiger partial charge in [-0.3, -0.25) is 4.99 Å². The summed E-state index contributed by atoms with van der Waals surface area (Å²) in [7, 11) is 1.73. The molecule has 0 spiro atoms. The summed E-state index contributed by atoms with van der Waals surface area (Å²) < 4.78 is 5.62. The molecule has 0 atom stereocenters. The van der Waals surface area contributed by atoms with Gasteiger partial charge in [-0.15, -0.1) is 0 Å². The number of rotatable bonds is 5. The Kier molecular flexibility index (Phi) is 6.02. The largest absolute Gasteiger partial charge is 0.508 e. The third-order valence-electron chi connectivity index (χ3n) is 5.57. The summed E-state index contributed by atoms with van der Waals surface area (Å²) in [6, 6.07) is 12.0. The maximum Gasteiger partial charge on any atom is 0.226 e. The van der Waals surface area contributed by atoms with Gasteiger partial charge in [0, 0.05) is 24.7 Å². The molecule has 0 radical (unpaired) electrons. The van der Waals surface area contributed by atoms with E-state index in [1.807, 2.05) is 24.3 Å². The van der Waals surface area contributed by atoms with Crippen molar-refractivity contribution in [3.05, 3.63) is 70.6 Å². The minimum atomic E-state index is 0.345. The average Bonchev–Trinajstić information content (AvgIpc) is 3.24. The molecule has 1 heterocycles. The topological polar surface area (TPSA) is 82.7 Å². The number of guanidine groups is 1. The van der Waals surface area contributed by atoms with Crippen molar-refractivity contribution in [2.24, 2.45) is 4.99 Å². The summed E-state index contributed by atoms with van der Waals surface area (Å²) in [5.41, 5.74) is 6.56. The van der Waals surface area contributed by atoms with Crippen molar-refractivity contribution in [1.29, 1.82) is 0 Å². The van der Waals surface area contributed by atoms with Gasteiger partial charge in [0.25, 0.3) is 0 Å². The SMILES string of the molecule is CN=C(NCc1coc(-c2ccc(C)cc2)n1)NCc1c(O)ccc2c1CCCC2. The molecule has 1 aromatic heterocycles. The lowest BCUT2D eigenvalue weighted by Gasteiger charge is -2.21. The van der Waals surface area contributed by atoms with Crippen LogP contribution in [0, 0.1) is 6.92 Å². The number of hydrogen-bond acceptors (Lipinski definition) is 4. The number of oxazole rings is 1. The first-order valence-corrected chi connectivity index (χ1v) is 10.4. The van der Waals surface area contributed by atoms with Crippen LogP contribution in [0.5, 0.6) is 5.75 Å². The molecular weight excluding hydrogens is 376 g/mol. The number of nitrogens with one attached hydrogen (secondary N) is 2. The highest BCUT2D eigenvalue weighted by molar-refractivity contribution is 5.79. The number of hydrogen-bond donors (Lipinski definition) is 3. The Morgan fingerprint density at radius 3 is 2.63 bits per heavy atom. The molecule has 30 heavy (non-hydrogen) atoms. The lowest BCUT2D eigenvalue weighted by Crippen LogP contribution is -2.36. The van der Waals surface area contributed by atoms with Crippen LogP contribution in [0.1, 0.15) is 40.8 Å². The van der Waals surface area contributed by atoms with E-state index in [0.717, 1.165) is 29.7 Å². The summed E-state index contributed by atoms with van der Waals surface area (Å²) in [4.78, 5) is 8.84. The van der Waals surface area contributed by atoms with Crippen molar-refractivity contribution in [3.8, 4) is 17.2 Å². The van der Waals surface area contributed by atoms with Gasteiger partial charge in [0.15, 0.2) is 5.96 Å². The molecule has 0 saturated heterocycles. The number of phenols is 1. The van der Waals surface area contributed by atoms with Crippen molar-refractivity contribution in [1.82, 2.24) is 15.6 Å². The van der Waals surface area contributed by atoms with E-state index < -0.39 is 0 Å². The van der Waals surface area contributed by atoms with Gasteiger partial charge in [-0.25, -0.2) is 4.98 Å². The van der Waals surface area contributed by atoms with E-state index in [-0.39, 0.29) is 0 Å². The second-order valence-corrected chi connectivity index (χ2v) is 7.70. The summed E-state index contributed by atoms with van der Waals surface area (Å²) in [6.45, 7) is 3.08. The van der Waals surface area contributed by atoms with E-state index >= 15 is 0 Å². The van der Waals surface area contributed by atoms with Crippen LogP contribution in [0.4, 0.5) is 0 Å². The normalized spacial score (nSPS) is 13.7. The standard InChI is InChI=1S/C24H28N4O2/c1-16-7-9-18(10-8-16)23-28-19(15-30-23)13-26-24(25-2)27-14-21-20-6-4-3-5-17(20)11-12-22(21)29/h7-12,15,29H,3-6,13-14H2,1-2H3,(H2,25,26,27). The Balaban J connectivity index is 1.37. The van der Waals surface area contributed by atoms with Crippen molar-refractivity contribution in [3.63, 3.8) is 0 Å². The summed E-state index contributed by atoms with van der Waals surface area (Å²) in [6.07, 6.45) is 6.16. The monoisotopic (exact) mass is 404 g/mol. The molecule has 0 unspecified atom stereocenters. The molecule has 3 N–H and O–H groups in total. The quantitative estimate of drug-likeness (QED) is 0.441. The molecule has 0 bridgehead atoms. The molecule has 6 nitrogen and oxygen atoms in total. The molecule has 156 valence electrons. The Bertz CT molecular complexity index is 1040. The zero-order valence-corrected chi connectivity index (χ0v) is 17.5. The third kappa shape index (κ3) is 4.48. The molecule has 1 aliphatic carbocycles. The molecule has 0 fully saturated rings. The lowest BCUT2D eigenvalue weighted by molar-refractivity contribution is 0.464. The predicted molar refractivity (Wildman–Crippen MR) is 118 cm³/mol. The van der Waals surface area contributed by atoms with Gasteiger partial charge in [-0.1, -0.05) is 23.8 Å². The van der Waals surface area contributed by atoms with Gasteiger partial charge in [0.1, 0.15) is 12.0 Å². The molecule has 0 saturated carbocycles. The smallest absolute Gasteiger partial charge is 0.226 e. The highest BCUT2D eigenvalue weighted by Crippen LogP contribution is 2.30. The molecule has 3 aromatic rings. The van der Waals surface area contributed by atoms with Gasteiger partial charge in [-0.2, -0.15) is 0 Å². The molecule has 4 rings (SSSR count). The van der Waals surface area contributed by atoms with E-state index in [0.29, 0.717) is 30.7 Å². The van der Waals surface area contributed by atoms with Crippen molar-refractivity contribution >= 4 is 5.96 Å². The fourth-order valence-electron chi connectivity index (χ4n) is 3.87. The first-order chi connectivity index (χ1) is 14.6. The Morgan fingerprint density at radius 2 is 1.83 bits per heavy atom. The van der Waals surface area contributed by atoms with E-state index in [1.54, 1.807) is 19.4 Å². The minimum absolute atomic E-state index is 0.345. The second-order valence-electron chi connectivity index (χ2n) is 7.70. The first-order valence-electron chi connectivity index (χ1n) is 10.4. The van der Waals surface area contributed by atoms with E-state index in [4.69, 9.17) is 4.42 Å². The number of aromatic hydroxyl groups is 1. The fourth-order valence-corrected chi connectivity index (χ4v) is 3.87. The lowest BCUT2D eigenvalue weighted by atomic mass is 9.88. The summed E-state index contributed by atoms with van der Waals surface area (Å²) >= 11 is 0. The van der Waals surface area contributed by atoms with E-state index in [9.17, 15) is 5.11 Å². The number of aromatic nitrogens is 1. The Hall–Kier alpha value is -3.28. The number of phenolic OH excluding ortho intramolecular Hbond substituents is 1. The van der Waals surface area contributed by atoms with Gasteiger partial charge < -0.3 is 20.2 Å². The van der Waals surface area contributed by atoms with Crippen LogP contribution in [-0.2, 0) is 25.9 Å². The van der Waals surface area contributed by atoms with Crippen LogP contribution >= 0.6 is 0 Å². The molecular formula is C24H28N4O2. The number of nitrogens with zero attached hydrogens (tertiary/aromatic N) is 2. The van der Waals surface area contributed by atoms with E-state index in [1.165, 1.54) is 29.5 Å². The summed E-state index contributed by atoms with van der Waals surface area (Å²) in [5.74, 6) is 1.61. The van der Waals surface area contributed by atoms with Crippen LogP contribution < -0.4 is 10.6 Å². The third-order valence-corrected chi connectivity index (χ3v) is 5.57. The van der Waals surface area contributed by atoms with Crippen LogP contribution in [0.3, 0.4) is 0 Å². The number of aryl methyl sites for hydroxylation is 2. The summed E-state index contributed by atoms with van der Waals surface area (Å²) in [5, 5.41) is 16.9. The van der Waals surface area contributed by atoms with Gasteiger partial charge >= 0.3 is 0 Å². The zero-order valence-electron chi connectivity index (χ0n) is 17.5. The molecule has 6 heteroatoms. The van der Waals surface area contributed by atoms with Crippen LogP contribution in [-0.4, -0.2) is 23.1 Å². The Morgan fingerprint density at radius 1 is 1.07 bits per heavy atom. The van der Waals surface area contributed by atoms with Gasteiger partial charge in [0.05, 0.1) is 12.2 Å². The molecule has 0 amide bonds. The molecule has 1 aliphatic rings. The van der Waals surface area contributed by atoms with Crippen LogP contribution in [0.2, 0.25) is 0 Å². The first kappa shape index (κ1) is 20.0. The highest BCUT2D eigenvalue weighted by atomic mass is 16.3. The van der Waals surface area contributed by atoms with Gasteiger partial charge in [0.2, 0.25) is 5.89 Å². The maximum absolute atomic E-state index is 10.4. The van der Waals surface area contributed by atoms with Gasteiger partial charge in [-0.05, 0) is 61.9 Å². The van der Waals surface area contributed by atoms with Crippen LogP contribution in [0.15, 0.2) is 52.1 Å². The van der Waals surface area contributed by atoms with Crippen molar-refractivity contribution < 1.29 is 9.52 Å². The molecule has 2 aromatic carbocycles. The van der Waals surface area contributed by atoms with Crippen LogP contribution in [0.25, 0.3) is 11.5 Å². The number of fused-ring (bicyclic) bond motifs is 1. The fraction of sp³-hybridized carbons (Fsp3) is 0.333.